The maximum absolute atomic E-state index is 3.51. The van der Waals surface area contributed by atoms with E-state index in [0.717, 1.165) is 5.25 Å². The molecule has 2 heteroatoms. The monoisotopic (exact) mass is 201 g/mol. The van der Waals surface area contributed by atoms with Crippen molar-refractivity contribution in [1.29, 1.82) is 0 Å². The first-order chi connectivity index (χ1) is 6.11. The Bertz CT molecular complexity index is 154. The van der Waals surface area contributed by atoms with Gasteiger partial charge in [-0.3, -0.25) is 0 Å². The Kier molecular flexibility index (Phi) is 4.11. The Balaban J connectivity index is 2.62. The van der Waals surface area contributed by atoms with Gasteiger partial charge in [0.05, 0.1) is 0 Å². The van der Waals surface area contributed by atoms with Crippen LogP contribution >= 0.6 is 11.8 Å². The molecule has 1 rings (SSSR count). The van der Waals surface area contributed by atoms with Crippen molar-refractivity contribution in [2.45, 2.75) is 51.3 Å². The van der Waals surface area contributed by atoms with Gasteiger partial charge in [0.1, 0.15) is 0 Å². The Hall–Kier alpha value is 0.310. The average molecular weight is 201 g/mol. The summed E-state index contributed by atoms with van der Waals surface area (Å²) in [7, 11) is 2.11. The van der Waals surface area contributed by atoms with Gasteiger partial charge in [-0.25, -0.2) is 0 Å². The molecule has 0 aromatic heterocycles. The Labute approximate surface area is 87.1 Å². The molecule has 0 aromatic rings. The van der Waals surface area contributed by atoms with Gasteiger partial charge in [0.2, 0.25) is 0 Å². The van der Waals surface area contributed by atoms with E-state index in [1.807, 2.05) is 0 Å². The molecule has 2 atom stereocenters. The lowest BCUT2D eigenvalue weighted by Crippen LogP contribution is -2.50. The van der Waals surface area contributed by atoms with Gasteiger partial charge < -0.3 is 5.32 Å². The van der Waals surface area contributed by atoms with Gasteiger partial charge in [-0.1, -0.05) is 27.2 Å². The van der Waals surface area contributed by atoms with Crippen LogP contribution in [0.3, 0.4) is 0 Å². The number of rotatable bonds is 3. The first-order valence-corrected chi connectivity index (χ1v) is 6.45. The van der Waals surface area contributed by atoms with Crippen molar-refractivity contribution in [3.63, 3.8) is 0 Å². The van der Waals surface area contributed by atoms with E-state index in [0.29, 0.717) is 11.5 Å². The molecule has 1 aliphatic rings. The fraction of sp³-hybridized carbons (Fsp3) is 1.00. The molecule has 0 heterocycles. The van der Waals surface area contributed by atoms with Crippen LogP contribution in [-0.2, 0) is 0 Å². The summed E-state index contributed by atoms with van der Waals surface area (Å²) in [5.74, 6) is 1.25. The lowest BCUT2D eigenvalue weighted by Gasteiger charge is -2.43. The SMILES string of the molecule is CCSC1CCCC(C)(C)C1NC. The first-order valence-electron chi connectivity index (χ1n) is 5.40. The predicted molar refractivity (Wildman–Crippen MR) is 62.4 cm³/mol. The van der Waals surface area contributed by atoms with E-state index in [1.54, 1.807) is 0 Å². The maximum atomic E-state index is 3.51. The minimum Gasteiger partial charge on any atom is -0.315 e. The highest BCUT2D eigenvalue weighted by atomic mass is 32.2. The van der Waals surface area contributed by atoms with Crippen molar-refractivity contribution in [3.8, 4) is 0 Å². The molecule has 78 valence electrons. The molecule has 0 aromatic carbocycles. The zero-order valence-electron chi connectivity index (χ0n) is 9.39. The summed E-state index contributed by atoms with van der Waals surface area (Å²) in [4.78, 5) is 0. The summed E-state index contributed by atoms with van der Waals surface area (Å²) in [6.07, 6.45) is 4.18. The van der Waals surface area contributed by atoms with Gasteiger partial charge >= 0.3 is 0 Å². The fourth-order valence-corrected chi connectivity index (χ4v) is 4.01. The molecule has 1 saturated carbocycles. The normalized spacial score (nSPS) is 33.2. The summed E-state index contributed by atoms with van der Waals surface area (Å²) in [6.45, 7) is 7.06. The Morgan fingerprint density at radius 3 is 2.69 bits per heavy atom. The molecule has 1 aliphatic carbocycles. The van der Waals surface area contributed by atoms with E-state index in [4.69, 9.17) is 0 Å². The van der Waals surface area contributed by atoms with Gasteiger partial charge in [0.15, 0.2) is 0 Å². The highest BCUT2D eigenvalue weighted by molar-refractivity contribution is 7.99. The second kappa shape index (κ2) is 4.70. The molecule has 0 saturated heterocycles. The number of hydrogen-bond donors (Lipinski definition) is 1. The van der Waals surface area contributed by atoms with Crippen LogP contribution in [0.4, 0.5) is 0 Å². The lowest BCUT2D eigenvalue weighted by atomic mass is 9.73. The van der Waals surface area contributed by atoms with E-state index in [2.05, 4.69) is 44.9 Å². The van der Waals surface area contributed by atoms with E-state index in [-0.39, 0.29) is 0 Å². The van der Waals surface area contributed by atoms with Gasteiger partial charge in [-0.05, 0) is 31.1 Å². The summed E-state index contributed by atoms with van der Waals surface area (Å²) in [6, 6.07) is 0.700. The molecule has 13 heavy (non-hydrogen) atoms. The summed E-state index contributed by atoms with van der Waals surface area (Å²) in [5.41, 5.74) is 0.486. The summed E-state index contributed by atoms with van der Waals surface area (Å²) >= 11 is 2.12. The standard InChI is InChI=1S/C11H23NS/c1-5-13-9-7-6-8-11(2,3)10(9)12-4/h9-10,12H,5-8H2,1-4H3. The molecule has 1 fully saturated rings. The molecule has 0 spiro atoms. The highest BCUT2D eigenvalue weighted by Crippen LogP contribution is 2.40. The van der Waals surface area contributed by atoms with Crippen molar-refractivity contribution in [1.82, 2.24) is 5.32 Å². The maximum Gasteiger partial charge on any atom is 0.0234 e. The molecule has 0 bridgehead atoms. The number of thioether (sulfide) groups is 1. The Morgan fingerprint density at radius 2 is 2.15 bits per heavy atom. The summed E-state index contributed by atoms with van der Waals surface area (Å²) < 4.78 is 0. The zero-order valence-corrected chi connectivity index (χ0v) is 10.2. The highest BCUT2D eigenvalue weighted by Gasteiger charge is 2.37. The second-order valence-corrected chi connectivity index (χ2v) is 6.16. The average Bonchev–Trinajstić information content (AvgIpc) is 2.04. The summed E-state index contributed by atoms with van der Waals surface area (Å²) in [5, 5.41) is 4.34. The van der Waals surface area contributed by atoms with Crippen molar-refractivity contribution >= 4 is 11.8 Å². The molecular formula is C11H23NS. The minimum absolute atomic E-state index is 0.486. The minimum atomic E-state index is 0.486. The number of hydrogen-bond acceptors (Lipinski definition) is 2. The molecule has 0 radical (unpaired) electrons. The molecule has 0 aliphatic heterocycles. The van der Waals surface area contributed by atoms with E-state index in [1.165, 1.54) is 25.0 Å². The predicted octanol–water partition coefficient (Wildman–Crippen LogP) is 2.91. The quantitative estimate of drug-likeness (QED) is 0.753. The van der Waals surface area contributed by atoms with E-state index >= 15 is 0 Å². The smallest absolute Gasteiger partial charge is 0.0234 e. The van der Waals surface area contributed by atoms with Gasteiger partial charge in [0.25, 0.3) is 0 Å². The molecular weight excluding hydrogens is 178 g/mol. The first kappa shape index (κ1) is 11.4. The van der Waals surface area contributed by atoms with Crippen LogP contribution in [0.25, 0.3) is 0 Å². The van der Waals surface area contributed by atoms with Crippen LogP contribution in [0.5, 0.6) is 0 Å². The zero-order chi connectivity index (χ0) is 9.90. The van der Waals surface area contributed by atoms with Crippen molar-refractivity contribution < 1.29 is 0 Å². The van der Waals surface area contributed by atoms with E-state index < -0.39 is 0 Å². The number of nitrogens with one attached hydrogen (secondary N) is 1. The van der Waals surface area contributed by atoms with Crippen LogP contribution in [0.1, 0.15) is 40.0 Å². The van der Waals surface area contributed by atoms with Crippen LogP contribution in [0.15, 0.2) is 0 Å². The van der Waals surface area contributed by atoms with Crippen molar-refractivity contribution in [2.24, 2.45) is 5.41 Å². The topological polar surface area (TPSA) is 12.0 Å². The molecule has 0 amide bonds. The van der Waals surface area contributed by atoms with Gasteiger partial charge in [-0.2, -0.15) is 11.8 Å². The van der Waals surface area contributed by atoms with Crippen LogP contribution < -0.4 is 5.32 Å². The lowest BCUT2D eigenvalue weighted by molar-refractivity contribution is 0.182. The molecule has 2 unspecified atom stereocenters. The van der Waals surface area contributed by atoms with Gasteiger partial charge in [0, 0.05) is 11.3 Å². The van der Waals surface area contributed by atoms with E-state index in [9.17, 15) is 0 Å². The molecule has 1 N–H and O–H groups in total. The Morgan fingerprint density at radius 1 is 1.46 bits per heavy atom. The van der Waals surface area contributed by atoms with Crippen LogP contribution in [-0.4, -0.2) is 24.1 Å². The third-order valence-electron chi connectivity index (χ3n) is 3.22. The van der Waals surface area contributed by atoms with Crippen LogP contribution in [0, 0.1) is 5.41 Å². The van der Waals surface area contributed by atoms with Gasteiger partial charge in [-0.15, -0.1) is 0 Å². The largest absolute Gasteiger partial charge is 0.315 e. The third kappa shape index (κ3) is 2.63. The fourth-order valence-electron chi connectivity index (χ4n) is 2.55. The van der Waals surface area contributed by atoms with Crippen molar-refractivity contribution in [3.05, 3.63) is 0 Å². The molecule has 1 nitrogen and oxygen atoms in total. The van der Waals surface area contributed by atoms with Crippen LogP contribution in [0.2, 0.25) is 0 Å². The van der Waals surface area contributed by atoms with Crippen molar-refractivity contribution in [2.75, 3.05) is 12.8 Å². The third-order valence-corrected chi connectivity index (χ3v) is 4.48. The second-order valence-electron chi connectivity index (χ2n) is 4.64.